The summed E-state index contributed by atoms with van der Waals surface area (Å²) in [4.78, 5) is 26.2. The van der Waals surface area contributed by atoms with E-state index >= 15 is 0 Å². The third-order valence-corrected chi connectivity index (χ3v) is 2.93. The standard InChI is InChI=1S/C15H16N2O3/c1-20-10-12-5-3-2-4-11(12)8-17-15(19)13-9-16-7-6-14(13)18/h2-7,9H,8,10H2,1H3,(H,16,18)(H,17,19). The minimum Gasteiger partial charge on any atom is -0.380 e. The van der Waals surface area contributed by atoms with Gasteiger partial charge in [-0.05, 0) is 11.1 Å². The van der Waals surface area contributed by atoms with E-state index in [4.69, 9.17) is 4.74 Å². The minimum absolute atomic E-state index is 0.108. The average Bonchev–Trinajstić information content (AvgIpc) is 2.47. The van der Waals surface area contributed by atoms with E-state index in [-0.39, 0.29) is 16.9 Å². The van der Waals surface area contributed by atoms with Gasteiger partial charge in [-0.1, -0.05) is 24.3 Å². The number of hydrogen-bond donors (Lipinski definition) is 2. The number of carbonyl (C=O) groups excluding carboxylic acids is 1. The molecule has 20 heavy (non-hydrogen) atoms. The van der Waals surface area contributed by atoms with Crippen molar-refractivity contribution < 1.29 is 9.53 Å². The zero-order valence-corrected chi connectivity index (χ0v) is 11.2. The van der Waals surface area contributed by atoms with Crippen LogP contribution in [0.25, 0.3) is 0 Å². The summed E-state index contributed by atoms with van der Waals surface area (Å²) in [7, 11) is 1.62. The maximum atomic E-state index is 11.9. The fourth-order valence-corrected chi connectivity index (χ4v) is 1.89. The highest BCUT2D eigenvalue weighted by Gasteiger charge is 2.09. The maximum Gasteiger partial charge on any atom is 0.257 e. The molecule has 0 radical (unpaired) electrons. The van der Waals surface area contributed by atoms with Gasteiger partial charge in [-0.25, -0.2) is 0 Å². The number of hydrogen-bond acceptors (Lipinski definition) is 3. The number of ether oxygens (including phenoxy) is 1. The van der Waals surface area contributed by atoms with E-state index < -0.39 is 0 Å². The van der Waals surface area contributed by atoms with E-state index in [1.165, 1.54) is 18.5 Å². The van der Waals surface area contributed by atoms with Crippen molar-refractivity contribution in [3.8, 4) is 0 Å². The quantitative estimate of drug-likeness (QED) is 0.865. The molecule has 0 spiro atoms. The van der Waals surface area contributed by atoms with Crippen molar-refractivity contribution in [2.75, 3.05) is 7.11 Å². The topological polar surface area (TPSA) is 71.2 Å². The number of nitrogens with one attached hydrogen (secondary N) is 2. The number of benzene rings is 1. The van der Waals surface area contributed by atoms with E-state index in [9.17, 15) is 9.59 Å². The van der Waals surface area contributed by atoms with Gasteiger partial charge in [0.2, 0.25) is 0 Å². The van der Waals surface area contributed by atoms with Crippen LogP contribution < -0.4 is 10.7 Å². The normalized spacial score (nSPS) is 10.2. The van der Waals surface area contributed by atoms with Crippen LogP contribution in [0.4, 0.5) is 0 Å². The van der Waals surface area contributed by atoms with E-state index in [0.717, 1.165) is 11.1 Å². The summed E-state index contributed by atoms with van der Waals surface area (Å²) in [5.74, 6) is -0.390. The number of aromatic nitrogens is 1. The molecule has 0 bridgehead atoms. The van der Waals surface area contributed by atoms with E-state index in [0.29, 0.717) is 13.2 Å². The zero-order valence-electron chi connectivity index (χ0n) is 11.2. The molecular weight excluding hydrogens is 256 g/mol. The predicted octanol–water partition coefficient (Wildman–Crippen LogP) is 1.45. The molecule has 2 N–H and O–H groups in total. The van der Waals surface area contributed by atoms with Crippen molar-refractivity contribution in [3.63, 3.8) is 0 Å². The van der Waals surface area contributed by atoms with Crippen LogP contribution in [-0.4, -0.2) is 18.0 Å². The molecule has 1 heterocycles. The molecule has 0 fully saturated rings. The maximum absolute atomic E-state index is 11.9. The van der Waals surface area contributed by atoms with Gasteiger partial charge in [-0.2, -0.15) is 0 Å². The second-order valence-electron chi connectivity index (χ2n) is 4.31. The lowest BCUT2D eigenvalue weighted by Crippen LogP contribution is -2.28. The number of methoxy groups -OCH3 is 1. The van der Waals surface area contributed by atoms with Gasteiger partial charge >= 0.3 is 0 Å². The zero-order chi connectivity index (χ0) is 14.4. The molecule has 0 saturated heterocycles. The Balaban J connectivity index is 2.08. The smallest absolute Gasteiger partial charge is 0.257 e. The Bertz CT molecular complexity index is 649. The second kappa shape index (κ2) is 6.68. The van der Waals surface area contributed by atoms with Gasteiger partial charge in [0, 0.05) is 32.1 Å². The van der Waals surface area contributed by atoms with Gasteiger partial charge in [0.1, 0.15) is 5.56 Å². The first-order valence-electron chi connectivity index (χ1n) is 6.23. The van der Waals surface area contributed by atoms with Crippen molar-refractivity contribution in [1.82, 2.24) is 10.3 Å². The van der Waals surface area contributed by atoms with Crippen LogP contribution in [0, 0.1) is 0 Å². The van der Waals surface area contributed by atoms with Gasteiger partial charge in [-0.15, -0.1) is 0 Å². The largest absolute Gasteiger partial charge is 0.380 e. The lowest BCUT2D eigenvalue weighted by Gasteiger charge is -2.09. The lowest BCUT2D eigenvalue weighted by atomic mass is 10.1. The second-order valence-corrected chi connectivity index (χ2v) is 4.31. The van der Waals surface area contributed by atoms with E-state index in [1.54, 1.807) is 7.11 Å². The predicted molar refractivity (Wildman–Crippen MR) is 75.4 cm³/mol. The van der Waals surface area contributed by atoms with Crippen molar-refractivity contribution in [2.45, 2.75) is 13.2 Å². The Morgan fingerprint density at radius 3 is 2.70 bits per heavy atom. The molecule has 5 nitrogen and oxygen atoms in total. The molecule has 2 aromatic rings. The Kier molecular flexibility index (Phi) is 4.68. The molecule has 0 aliphatic carbocycles. The Morgan fingerprint density at radius 1 is 1.25 bits per heavy atom. The molecule has 0 unspecified atom stereocenters. The molecule has 1 amide bonds. The first kappa shape index (κ1) is 14.0. The van der Waals surface area contributed by atoms with E-state index in [1.807, 2.05) is 24.3 Å². The van der Waals surface area contributed by atoms with Crippen LogP contribution in [0.2, 0.25) is 0 Å². The number of carbonyl (C=O) groups is 1. The molecule has 0 aliphatic heterocycles. The monoisotopic (exact) mass is 272 g/mol. The number of amides is 1. The Labute approximate surface area is 116 Å². The number of aromatic amines is 1. The highest BCUT2D eigenvalue weighted by Crippen LogP contribution is 2.09. The third kappa shape index (κ3) is 3.33. The van der Waals surface area contributed by atoms with Gasteiger partial charge in [0.25, 0.3) is 5.91 Å². The van der Waals surface area contributed by atoms with Crippen LogP contribution in [-0.2, 0) is 17.9 Å². The van der Waals surface area contributed by atoms with Crippen LogP contribution in [0.3, 0.4) is 0 Å². The van der Waals surface area contributed by atoms with Crippen molar-refractivity contribution in [3.05, 3.63) is 69.6 Å². The molecule has 104 valence electrons. The highest BCUT2D eigenvalue weighted by molar-refractivity contribution is 5.93. The first-order valence-corrected chi connectivity index (χ1v) is 6.23. The average molecular weight is 272 g/mol. The molecule has 0 aliphatic rings. The Hall–Kier alpha value is -2.40. The number of H-pyrrole nitrogens is 1. The molecule has 2 rings (SSSR count). The van der Waals surface area contributed by atoms with Crippen molar-refractivity contribution in [2.24, 2.45) is 0 Å². The highest BCUT2D eigenvalue weighted by atomic mass is 16.5. The van der Waals surface area contributed by atoms with Crippen molar-refractivity contribution in [1.29, 1.82) is 0 Å². The van der Waals surface area contributed by atoms with Crippen LogP contribution in [0.5, 0.6) is 0 Å². The van der Waals surface area contributed by atoms with Crippen LogP contribution in [0.15, 0.2) is 47.5 Å². The van der Waals surface area contributed by atoms with Gasteiger partial charge in [0.05, 0.1) is 6.61 Å². The first-order chi connectivity index (χ1) is 9.72. The lowest BCUT2D eigenvalue weighted by molar-refractivity contribution is 0.0949. The van der Waals surface area contributed by atoms with Gasteiger partial charge in [0.15, 0.2) is 5.43 Å². The molecule has 5 heteroatoms. The summed E-state index contributed by atoms with van der Waals surface area (Å²) >= 11 is 0. The number of pyridine rings is 1. The fraction of sp³-hybridized carbons (Fsp3) is 0.200. The molecular formula is C15H16N2O3. The molecule has 1 aromatic heterocycles. The minimum atomic E-state index is -0.390. The molecule has 0 atom stereocenters. The summed E-state index contributed by atoms with van der Waals surface area (Å²) in [5, 5.41) is 2.74. The van der Waals surface area contributed by atoms with Crippen LogP contribution in [0.1, 0.15) is 21.5 Å². The molecule has 0 saturated carbocycles. The summed E-state index contributed by atoms with van der Waals surface area (Å²) in [6.07, 6.45) is 2.89. The summed E-state index contributed by atoms with van der Waals surface area (Å²) in [5.41, 5.74) is 1.79. The summed E-state index contributed by atoms with van der Waals surface area (Å²) < 4.78 is 5.11. The number of rotatable bonds is 5. The third-order valence-electron chi connectivity index (χ3n) is 2.93. The van der Waals surface area contributed by atoms with E-state index in [2.05, 4.69) is 10.3 Å². The van der Waals surface area contributed by atoms with Crippen LogP contribution >= 0.6 is 0 Å². The summed E-state index contributed by atoms with van der Waals surface area (Å²) in [6.45, 7) is 0.838. The van der Waals surface area contributed by atoms with Crippen molar-refractivity contribution >= 4 is 5.91 Å². The SMILES string of the molecule is COCc1ccccc1CNC(=O)c1c[nH]ccc1=O. The molecule has 1 aromatic carbocycles. The van der Waals surface area contributed by atoms with Gasteiger partial charge in [-0.3, -0.25) is 9.59 Å². The Morgan fingerprint density at radius 2 is 2.00 bits per heavy atom. The fourth-order valence-electron chi connectivity index (χ4n) is 1.89. The van der Waals surface area contributed by atoms with Gasteiger partial charge < -0.3 is 15.0 Å². The summed E-state index contributed by atoms with van der Waals surface area (Å²) in [6, 6.07) is 9.01.